The van der Waals surface area contributed by atoms with Crippen LogP contribution in [0.4, 0.5) is 4.79 Å². The maximum Gasteiger partial charge on any atom is 0.315 e. The third-order valence-corrected chi connectivity index (χ3v) is 5.73. The van der Waals surface area contributed by atoms with Crippen molar-refractivity contribution < 1.29 is 13.2 Å². The molecule has 2 atom stereocenters. The zero-order valence-electron chi connectivity index (χ0n) is 13.6. The molecule has 0 spiro atoms. The number of urea groups is 1. The third-order valence-electron chi connectivity index (χ3n) is 3.80. The molecule has 0 fully saturated rings. The highest BCUT2D eigenvalue weighted by molar-refractivity contribution is 7.91. The summed E-state index contributed by atoms with van der Waals surface area (Å²) in [5.41, 5.74) is 1.01. The minimum Gasteiger partial charge on any atom is -0.335 e. The summed E-state index contributed by atoms with van der Waals surface area (Å²) in [5.74, 6) is -0.121. The van der Waals surface area contributed by atoms with Gasteiger partial charge in [0, 0.05) is 12.1 Å². The summed E-state index contributed by atoms with van der Waals surface area (Å²) >= 11 is 0. The van der Waals surface area contributed by atoms with Crippen LogP contribution in [0.25, 0.3) is 0 Å². The number of benzene rings is 1. The molecule has 0 heterocycles. The van der Waals surface area contributed by atoms with E-state index in [1.165, 1.54) is 0 Å². The third kappa shape index (κ3) is 5.39. The molecule has 0 saturated carbocycles. The van der Waals surface area contributed by atoms with E-state index in [-0.39, 0.29) is 22.7 Å². The van der Waals surface area contributed by atoms with Crippen LogP contribution in [0.3, 0.4) is 0 Å². The molecule has 0 aromatic heterocycles. The van der Waals surface area contributed by atoms with E-state index in [0.29, 0.717) is 0 Å². The summed E-state index contributed by atoms with van der Waals surface area (Å²) in [7, 11) is -3.41. The first-order chi connectivity index (χ1) is 10.9. The molecule has 6 heteroatoms. The highest BCUT2D eigenvalue weighted by Crippen LogP contribution is 2.13. The lowest BCUT2D eigenvalue weighted by Crippen LogP contribution is -2.47. The van der Waals surface area contributed by atoms with E-state index in [2.05, 4.69) is 16.7 Å². The Bertz CT molecular complexity index is 666. The van der Waals surface area contributed by atoms with Crippen molar-refractivity contribution in [1.82, 2.24) is 10.6 Å². The standard InChI is InChI=1S/C17H24N2O3S/c1-13-8-10-16(11-9-13)23(21,22)12-14(2)18-17(20)19-15-6-4-3-5-7-15/h4,6,8-11,14-15H,3,5,7,12H2,1-2H3,(H2,18,19,20)/t14-,15+/m1/s1. The Morgan fingerprint density at radius 2 is 2.00 bits per heavy atom. The highest BCUT2D eigenvalue weighted by Gasteiger charge is 2.20. The number of allylic oxidation sites excluding steroid dienone is 1. The number of rotatable bonds is 5. The van der Waals surface area contributed by atoms with Gasteiger partial charge in [-0.15, -0.1) is 0 Å². The van der Waals surface area contributed by atoms with Gasteiger partial charge in [-0.05, 0) is 45.2 Å². The number of aryl methyl sites for hydroxylation is 1. The average Bonchev–Trinajstić information content (AvgIpc) is 2.47. The van der Waals surface area contributed by atoms with E-state index in [9.17, 15) is 13.2 Å². The zero-order valence-corrected chi connectivity index (χ0v) is 14.4. The molecule has 1 aliphatic carbocycles. The van der Waals surface area contributed by atoms with Gasteiger partial charge in [-0.3, -0.25) is 0 Å². The quantitative estimate of drug-likeness (QED) is 0.812. The number of carbonyl (C=O) groups excluding carboxylic acids is 1. The fraction of sp³-hybridized carbons (Fsp3) is 0.471. The Kier molecular flexibility index (Phi) is 5.82. The average molecular weight is 336 g/mol. The molecule has 23 heavy (non-hydrogen) atoms. The minimum absolute atomic E-state index is 0.0321. The normalized spacial score (nSPS) is 19.1. The van der Waals surface area contributed by atoms with Gasteiger partial charge in [0.25, 0.3) is 0 Å². The molecule has 2 rings (SSSR count). The number of sulfone groups is 1. The maximum atomic E-state index is 12.3. The van der Waals surface area contributed by atoms with Crippen molar-refractivity contribution in [1.29, 1.82) is 0 Å². The van der Waals surface area contributed by atoms with Crippen LogP contribution in [0.5, 0.6) is 0 Å². The Labute approximate surface area is 138 Å². The smallest absolute Gasteiger partial charge is 0.315 e. The number of hydrogen-bond acceptors (Lipinski definition) is 3. The van der Waals surface area contributed by atoms with Crippen molar-refractivity contribution in [3.8, 4) is 0 Å². The van der Waals surface area contributed by atoms with Crippen LogP contribution in [0.2, 0.25) is 0 Å². The molecule has 1 aromatic rings. The Balaban J connectivity index is 1.89. The zero-order chi connectivity index (χ0) is 16.9. The fourth-order valence-corrected chi connectivity index (χ4v) is 4.06. The Morgan fingerprint density at radius 3 is 2.61 bits per heavy atom. The summed E-state index contributed by atoms with van der Waals surface area (Å²) in [5, 5.41) is 5.55. The summed E-state index contributed by atoms with van der Waals surface area (Å²) in [4.78, 5) is 12.2. The van der Waals surface area contributed by atoms with E-state index in [1.807, 2.05) is 13.0 Å². The summed E-state index contributed by atoms with van der Waals surface area (Å²) in [6, 6.07) is 5.99. The van der Waals surface area contributed by atoms with Gasteiger partial charge in [-0.25, -0.2) is 13.2 Å². The fourth-order valence-electron chi connectivity index (χ4n) is 2.58. The van der Waals surface area contributed by atoms with Crippen LogP contribution in [-0.4, -0.2) is 32.3 Å². The van der Waals surface area contributed by atoms with Crippen molar-refractivity contribution in [2.24, 2.45) is 0 Å². The summed E-state index contributed by atoms with van der Waals surface area (Å²) in [6.45, 7) is 3.60. The van der Waals surface area contributed by atoms with Crippen LogP contribution in [0.15, 0.2) is 41.3 Å². The Hall–Kier alpha value is -1.82. The molecule has 5 nitrogen and oxygen atoms in total. The molecule has 1 aliphatic rings. The van der Waals surface area contributed by atoms with E-state index < -0.39 is 15.9 Å². The van der Waals surface area contributed by atoms with Gasteiger partial charge >= 0.3 is 6.03 Å². The lowest BCUT2D eigenvalue weighted by atomic mass is 10.0. The van der Waals surface area contributed by atoms with Crippen LogP contribution < -0.4 is 10.6 Å². The first kappa shape index (κ1) is 17.5. The van der Waals surface area contributed by atoms with Crippen molar-refractivity contribution in [3.63, 3.8) is 0 Å². The molecule has 2 amide bonds. The lowest BCUT2D eigenvalue weighted by Gasteiger charge is -2.20. The summed E-state index contributed by atoms with van der Waals surface area (Å²) in [6.07, 6.45) is 7.06. The van der Waals surface area contributed by atoms with Crippen LogP contribution in [0, 0.1) is 6.92 Å². The number of carbonyl (C=O) groups is 1. The largest absolute Gasteiger partial charge is 0.335 e. The van der Waals surface area contributed by atoms with Crippen molar-refractivity contribution in [3.05, 3.63) is 42.0 Å². The molecule has 0 aliphatic heterocycles. The molecule has 126 valence electrons. The second kappa shape index (κ2) is 7.64. The van der Waals surface area contributed by atoms with E-state index in [1.54, 1.807) is 31.2 Å². The molecular weight excluding hydrogens is 312 g/mol. The molecule has 0 saturated heterocycles. The molecule has 2 N–H and O–H groups in total. The minimum atomic E-state index is -3.41. The van der Waals surface area contributed by atoms with E-state index >= 15 is 0 Å². The van der Waals surface area contributed by atoms with Crippen LogP contribution >= 0.6 is 0 Å². The van der Waals surface area contributed by atoms with E-state index in [4.69, 9.17) is 0 Å². The van der Waals surface area contributed by atoms with Crippen LogP contribution in [0.1, 0.15) is 31.7 Å². The van der Waals surface area contributed by atoms with Crippen LogP contribution in [-0.2, 0) is 9.84 Å². The van der Waals surface area contributed by atoms with Crippen molar-refractivity contribution in [2.45, 2.75) is 50.1 Å². The van der Waals surface area contributed by atoms with E-state index in [0.717, 1.165) is 24.8 Å². The van der Waals surface area contributed by atoms with Crippen molar-refractivity contribution >= 4 is 15.9 Å². The van der Waals surface area contributed by atoms with Gasteiger partial charge in [0.1, 0.15) is 0 Å². The predicted octanol–water partition coefficient (Wildman–Crippen LogP) is 2.57. The molecule has 0 radical (unpaired) electrons. The number of amides is 2. The topological polar surface area (TPSA) is 75.3 Å². The molecule has 1 aromatic carbocycles. The number of hydrogen-bond donors (Lipinski definition) is 2. The molecular formula is C17H24N2O3S. The molecule has 0 bridgehead atoms. The van der Waals surface area contributed by atoms with Gasteiger partial charge in [0.05, 0.1) is 10.6 Å². The van der Waals surface area contributed by atoms with Gasteiger partial charge < -0.3 is 10.6 Å². The highest BCUT2D eigenvalue weighted by atomic mass is 32.2. The first-order valence-corrected chi connectivity index (χ1v) is 9.55. The molecule has 0 unspecified atom stereocenters. The van der Waals surface area contributed by atoms with Gasteiger partial charge in [-0.2, -0.15) is 0 Å². The SMILES string of the molecule is Cc1ccc(S(=O)(=O)C[C@@H](C)NC(=O)N[C@H]2C=CCCC2)cc1. The summed E-state index contributed by atoms with van der Waals surface area (Å²) < 4.78 is 24.7. The second-order valence-corrected chi connectivity index (χ2v) is 8.11. The first-order valence-electron chi connectivity index (χ1n) is 7.90. The number of nitrogens with one attached hydrogen (secondary N) is 2. The van der Waals surface area contributed by atoms with Gasteiger partial charge in [-0.1, -0.05) is 29.8 Å². The lowest BCUT2D eigenvalue weighted by molar-refractivity contribution is 0.236. The Morgan fingerprint density at radius 1 is 1.30 bits per heavy atom. The monoisotopic (exact) mass is 336 g/mol. The maximum absolute atomic E-state index is 12.3. The van der Waals surface area contributed by atoms with Gasteiger partial charge in [0.15, 0.2) is 9.84 Å². The van der Waals surface area contributed by atoms with Crippen molar-refractivity contribution in [2.75, 3.05) is 5.75 Å². The second-order valence-electron chi connectivity index (χ2n) is 6.08. The van der Waals surface area contributed by atoms with Gasteiger partial charge in [0.2, 0.25) is 0 Å². The predicted molar refractivity (Wildman–Crippen MR) is 91.1 cm³/mol.